The van der Waals surface area contributed by atoms with Gasteiger partial charge in [0.2, 0.25) is 5.69 Å². The Morgan fingerprint density at radius 3 is 2.75 bits per heavy atom. The third kappa shape index (κ3) is 3.29. The highest BCUT2D eigenvalue weighted by atomic mass is 16.5. The van der Waals surface area contributed by atoms with Crippen molar-refractivity contribution in [2.24, 2.45) is 17.8 Å². The van der Waals surface area contributed by atoms with Crippen LogP contribution in [0.5, 0.6) is 5.75 Å². The first-order chi connectivity index (χ1) is 15.6. The van der Waals surface area contributed by atoms with Crippen LogP contribution >= 0.6 is 0 Å². The van der Waals surface area contributed by atoms with Crippen LogP contribution in [-0.2, 0) is 7.05 Å². The van der Waals surface area contributed by atoms with E-state index in [2.05, 4.69) is 14.9 Å². The minimum Gasteiger partial charge on any atom is -0.501 e. The highest BCUT2D eigenvalue weighted by Crippen LogP contribution is 2.43. The highest BCUT2D eigenvalue weighted by molar-refractivity contribution is 6.16. The van der Waals surface area contributed by atoms with Gasteiger partial charge in [-0.25, -0.2) is 4.85 Å². The van der Waals surface area contributed by atoms with Crippen molar-refractivity contribution in [1.29, 1.82) is 0 Å². The molecule has 0 amide bonds. The van der Waals surface area contributed by atoms with Gasteiger partial charge in [0.15, 0.2) is 5.78 Å². The Balaban J connectivity index is 1.63. The summed E-state index contributed by atoms with van der Waals surface area (Å²) in [5.74, 6) is 0.606. The van der Waals surface area contributed by atoms with Gasteiger partial charge in [-0.2, -0.15) is 5.10 Å². The summed E-state index contributed by atoms with van der Waals surface area (Å²) in [6.07, 6.45) is 5.19. The maximum atomic E-state index is 12.3. The molecule has 1 saturated carbocycles. The van der Waals surface area contributed by atoms with Crippen molar-refractivity contribution in [3.63, 3.8) is 0 Å². The van der Waals surface area contributed by atoms with Crippen LogP contribution in [0.3, 0.4) is 0 Å². The molecule has 32 heavy (non-hydrogen) atoms. The smallest absolute Gasteiger partial charge is 0.237 e. The average Bonchev–Trinajstić information content (AvgIpc) is 3.17. The summed E-state index contributed by atoms with van der Waals surface area (Å²) in [5, 5.41) is 4.48. The molecule has 0 saturated heterocycles. The number of hydrogen-bond acceptors (Lipinski definition) is 5. The number of para-hydroxylation sites is 1. The molecule has 3 aromatic rings. The van der Waals surface area contributed by atoms with Crippen LogP contribution < -0.4 is 10.5 Å². The topological polar surface area (TPSA) is 86.9 Å². The molecule has 2 N–H and O–H groups in total. The molecule has 1 aliphatic heterocycles. The Morgan fingerprint density at radius 2 is 2.03 bits per heavy atom. The van der Waals surface area contributed by atoms with Gasteiger partial charge in [-0.05, 0) is 37.0 Å². The number of fused-ring (bicyclic) bond motifs is 1. The van der Waals surface area contributed by atoms with Gasteiger partial charge in [-0.1, -0.05) is 24.3 Å². The molecular weight excluding hydrogens is 402 g/mol. The molecule has 7 nitrogen and oxygen atoms in total. The predicted molar refractivity (Wildman–Crippen MR) is 123 cm³/mol. The van der Waals surface area contributed by atoms with E-state index >= 15 is 0 Å². The summed E-state index contributed by atoms with van der Waals surface area (Å²) >= 11 is 0. The van der Waals surface area contributed by atoms with Crippen LogP contribution in [0.1, 0.15) is 35.2 Å². The van der Waals surface area contributed by atoms with E-state index in [0.29, 0.717) is 17.0 Å². The van der Waals surface area contributed by atoms with Gasteiger partial charge in [0.05, 0.1) is 30.3 Å². The van der Waals surface area contributed by atoms with E-state index in [1.807, 2.05) is 43.4 Å². The molecule has 0 radical (unpaired) electrons. The lowest BCUT2D eigenvalue weighted by Gasteiger charge is -2.27. The number of Topliss-reactive ketones (excluding diaryl/α,β-unsaturated/α-hetero) is 1. The van der Waals surface area contributed by atoms with Gasteiger partial charge in [0, 0.05) is 35.8 Å². The van der Waals surface area contributed by atoms with Gasteiger partial charge in [0.1, 0.15) is 12.3 Å². The summed E-state index contributed by atoms with van der Waals surface area (Å²) in [7, 11) is 1.86. The number of rotatable bonds is 5. The second-order valence-corrected chi connectivity index (χ2v) is 8.12. The van der Waals surface area contributed by atoms with Gasteiger partial charge >= 0.3 is 0 Å². The van der Waals surface area contributed by atoms with Gasteiger partial charge in [-0.15, -0.1) is 0 Å². The molecule has 0 unspecified atom stereocenters. The van der Waals surface area contributed by atoms with Crippen LogP contribution in [0.15, 0.2) is 47.6 Å². The molecule has 2 aromatic carbocycles. The van der Waals surface area contributed by atoms with Crippen molar-refractivity contribution in [2.75, 3.05) is 13.1 Å². The van der Waals surface area contributed by atoms with Crippen molar-refractivity contribution in [2.45, 2.75) is 25.4 Å². The van der Waals surface area contributed by atoms with Gasteiger partial charge in [0.25, 0.3) is 0 Å². The van der Waals surface area contributed by atoms with E-state index in [1.165, 1.54) is 6.42 Å². The Morgan fingerprint density at radius 1 is 1.19 bits per heavy atom. The second kappa shape index (κ2) is 8.06. The molecule has 1 fully saturated rings. The number of hydrogen-bond donors (Lipinski definition) is 1. The van der Waals surface area contributed by atoms with Crippen molar-refractivity contribution in [1.82, 2.24) is 9.78 Å². The zero-order chi connectivity index (χ0) is 22.2. The zero-order valence-electron chi connectivity index (χ0n) is 17.8. The molecule has 160 valence electrons. The van der Waals surface area contributed by atoms with Crippen molar-refractivity contribution in [3.05, 3.63) is 65.1 Å². The first-order valence-corrected chi connectivity index (χ1v) is 10.7. The molecule has 5 rings (SSSR count). The quantitative estimate of drug-likeness (QED) is 0.621. The fourth-order valence-electron chi connectivity index (χ4n) is 4.27. The Bertz CT molecular complexity index is 1290. The number of nitrogens with zero attached hydrogens (tertiary/aromatic N) is 4. The summed E-state index contributed by atoms with van der Waals surface area (Å²) in [4.78, 5) is 20.5. The number of carbonyl (C=O) groups is 1. The third-order valence-electron chi connectivity index (χ3n) is 6.20. The summed E-state index contributed by atoms with van der Waals surface area (Å²) < 4.78 is 7.87. The number of ketones is 1. The number of ether oxygens (including phenoxy) is 1. The maximum absolute atomic E-state index is 12.3. The lowest BCUT2D eigenvalue weighted by atomic mass is 9.91. The molecule has 1 aromatic heterocycles. The zero-order valence-corrected chi connectivity index (χ0v) is 17.8. The Kier molecular flexibility index (Phi) is 5.08. The van der Waals surface area contributed by atoms with Crippen molar-refractivity contribution in [3.8, 4) is 28.1 Å². The van der Waals surface area contributed by atoms with Crippen LogP contribution in [0.4, 0.5) is 5.69 Å². The van der Waals surface area contributed by atoms with E-state index in [-0.39, 0.29) is 25.0 Å². The van der Waals surface area contributed by atoms with Crippen LogP contribution in [0.2, 0.25) is 0 Å². The van der Waals surface area contributed by atoms with E-state index in [9.17, 15) is 4.79 Å². The lowest BCUT2D eigenvalue weighted by Crippen LogP contribution is -2.24. The summed E-state index contributed by atoms with van der Waals surface area (Å²) in [6, 6.07) is 11.4. The minimum atomic E-state index is -0.00806. The molecule has 0 spiro atoms. The molecule has 0 atom stereocenters. The highest BCUT2D eigenvalue weighted by Gasteiger charge is 2.25. The largest absolute Gasteiger partial charge is 0.501 e. The Labute approximate surface area is 186 Å². The monoisotopic (exact) mass is 425 g/mol. The molecule has 2 heterocycles. The summed E-state index contributed by atoms with van der Waals surface area (Å²) in [6.45, 7) is 8.25. The SMILES string of the molecule is [C-]#[N+]c1c(OC2CCC2)cccc1-c1c(-c2ccc3c(c2)C(CN)=NCC3=O)cnn1C. The van der Waals surface area contributed by atoms with Crippen LogP contribution in [-0.4, -0.2) is 40.5 Å². The van der Waals surface area contributed by atoms with Crippen molar-refractivity contribution < 1.29 is 9.53 Å². The van der Waals surface area contributed by atoms with Crippen LogP contribution in [0, 0.1) is 6.57 Å². The van der Waals surface area contributed by atoms with E-state index in [4.69, 9.17) is 17.0 Å². The minimum absolute atomic E-state index is 0.00806. The number of aryl methyl sites for hydroxylation is 1. The average molecular weight is 425 g/mol. The number of benzene rings is 2. The third-order valence-corrected chi connectivity index (χ3v) is 6.20. The van der Waals surface area contributed by atoms with Crippen LogP contribution in [0.25, 0.3) is 27.2 Å². The lowest BCUT2D eigenvalue weighted by molar-refractivity contribution is 0.1000. The Hall–Kier alpha value is -3.76. The normalized spacial score (nSPS) is 15.5. The molecule has 1 aliphatic carbocycles. The maximum Gasteiger partial charge on any atom is 0.237 e. The number of aromatic nitrogens is 2. The van der Waals surface area contributed by atoms with Gasteiger partial charge < -0.3 is 10.5 Å². The fraction of sp³-hybridized carbons (Fsp3) is 0.280. The standard InChI is InChI=1S/C25H23N5O2/c1-27-24-18(7-4-8-23(24)32-16-5-3-6-16)25-20(13-29-30(25)2)15-9-10-17-19(11-15)21(12-26)28-14-22(17)31/h4,7-11,13,16H,3,5-6,12,14,26H2,2H3. The van der Waals surface area contributed by atoms with E-state index < -0.39 is 0 Å². The second-order valence-electron chi connectivity index (χ2n) is 8.12. The molecule has 7 heteroatoms. The molecule has 0 bridgehead atoms. The summed E-state index contributed by atoms with van der Waals surface area (Å²) in [5.41, 5.74) is 11.9. The first-order valence-electron chi connectivity index (χ1n) is 10.7. The first kappa shape index (κ1) is 20.2. The fourth-order valence-corrected chi connectivity index (χ4v) is 4.27. The molecular formula is C25H23N5O2. The number of aliphatic imine (C=N–C) groups is 1. The van der Waals surface area contributed by atoms with Crippen molar-refractivity contribution >= 4 is 17.2 Å². The van der Waals surface area contributed by atoms with E-state index in [1.54, 1.807) is 10.9 Å². The van der Waals surface area contributed by atoms with E-state index in [0.717, 1.165) is 46.5 Å². The molecule has 2 aliphatic rings. The van der Waals surface area contributed by atoms with Gasteiger partial charge in [-0.3, -0.25) is 14.5 Å². The number of nitrogens with two attached hydrogens (primary N) is 1. The predicted octanol–water partition coefficient (Wildman–Crippen LogP) is 4.18. The number of carbonyl (C=O) groups excluding carboxylic acids is 1.